The maximum absolute atomic E-state index is 5.84. The molecule has 0 spiro atoms. The van der Waals surface area contributed by atoms with Gasteiger partial charge in [0.05, 0.1) is 6.54 Å². The number of hydrogen-bond donors (Lipinski definition) is 2. The van der Waals surface area contributed by atoms with E-state index in [9.17, 15) is 0 Å². The molecule has 0 atom stereocenters. The van der Waals surface area contributed by atoms with Crippen LogP contribution in [0.4, 0.5) is 5.82 Å². The molecule has 1 aromatic heterocycles. The van der Waals surface area contributed by atoms with Crippen molar-refractivity contribution in [2.75, 3.05) is 18.1 Å². The van der Waals surface area contributed by atoms with E-state index >= 15 is 0 Å². The highest BCUT2D eigenvalue weighted by molar-refractivity contribution is 8.00. The van der Waals surface area contributed by atoms with Gasteiger partial charge in [-0.15, -0.1) is 0 Å². The van der Waals surface area contributed by atoms with E-state index < -0.39 is 0 Å². The number of nitrogens with zero attached hydrogens (tertiary/aromatic N) is 2. The first-order chi connectivity index (χ1) is 8.24. The van der Waals surface area contributed by atoms with E-state index in [0.717, 1.165) is 12.4 Å². The van der Waals surface area contributed by atoms with Gasteiger partial charge < -0.3 is 11.1 Å². The van der Waals surface area contributed by atoms with Crippen LogP contribution in [-0.2, 0) is 0 Å². The standard InChI is InChI=1S/C12H18N4S/c1-17-12(6-4-7-12)9-15-11(13)16-10-5-2-3-8-14-10/h2-3,5,8H,4,6-7,9H2,1H3,(H3,13,14,15,16). The Labute approximate surface area is 106 Å². The van der Waals surface area contributed by atoms with E-state index in [1.807, 2.05) is 30.0 Å². The second-order valence-electron chi connectivity index (χ2n) is 4.28. The Morgan fingerprint density at radius 3 is 2.94 bits per heavy atom. The molecule has 0 radical (unpaired) electrons. The summed E-state index contributed by atoms with van der Waals surface area (Å²) in [6, 6.07) is 5.66. The van der Waals surface area contributed by atoms with Crippen molar-refractivity contribution in [1.29, 1.82) is 0 Å². The fourth-order valence-electron chi connectivity index (χ4n) is 1.83. The third kappa shape index (κ3) is 3.12. The van der Waals surface area contributed by atoms with Crippen LogP contribution in [0.1, 0.15) is 19.3 Å². The molecular weight excluding hydrogens is 232 g/mol. The molecule has 3 N–H and O–H groups in total. The number of hydrogen-bond acceptors (Lipinski definition) is 3. The molecule has 2 rings (SSSR count). The van der Waals surface area contributed by atoms with Gasteiger partial charge in [-0.05, 0) is 31.2 Å². The summed E-state index contributed by atoms with van der Waals surface area (Å²) in [4.78, 5) is 8.55. The summed E-state index contributed by atoms with van der Waals surface area (Å²) in [6.45, 7) is 0.792. The zero-order valence-electron chi connectivity index (χ0n) is 10.0. The van der Waals surface area contributed by atoms with Crippen molar-refractivity contribution >= 4 is 23.5 Å². The van der Waals surface area contributed by atoms with E-state index in [-0.39, 0.29) is 0 Å². The number of aromatic nitrogens is 1. The first kappa shape index (κ1) is 12.2. The topological polar surface area (TPSA) is 63.3 Å². The molecule has 1 saturated carbocycles. The van der Waals surface area contributed by atoms with E-state index in [0.29, 0.717) is 10.7 Å². The van der Waals surface area contributed by atoms with Crippen molar-refractivity contribution in [2.24, 2.45) is 10.7 Å². The number of pyridine rings is 1. The van der Waals surface area contributed by atoms with Crippen molar-refractivity contribution in [2.45, 2.75) is 24.0 Å². The van der Waals surface area contributed by atoms with Crippen LogP contribution in [0.2, 0.25) is 0 Å². The summed E-state index contributed by atoms with van der Waals surface area (Å²) >= 11 is 1.90. The minimum atomic E-state index is 0.330. The molecule has 4 nitrogen and oxygen atoms in total. The third-order valence-electron chi connectivity index (χ3n) is 3.16. The molecule has 0 amide bonds. The largest absolute Gasteiger partial charge is 0.370 e. The summed E-state index contributed by atoms with van der Waals surface area (Å²) in [6.07, 6.45) is 7.68. The lowest BCUT2D eigenvalue weighted by molar-refractivity contribution is 0.372. The van der Waals surface area contributed by atoms with Crippen LogP contribution in [0, 0.1) is 0 Å². The Morgan fingerprint density at radius 2 is 2.41 bits per heavy atom. The molecule has 0 bridgehead atoms. The molecule has 17 heavy (non-hydrogen) atoms. The SMILES string of the molecule is CSC1(CN=C(N)Nc2ccccn2)CCC1. The highest BCUT2D eigenvalue weighted by atomic mass is 32.2. The Bertz CT molecular complexity index is 381. The lowest BCUT2D eigenvalue weighted by Gasteiger charge is -2.39. The molecular formula is C12H18N4S. The van der Waals surface area contributed by atoms with Crippen LogP contribution in [0.25, 0.3) is 0 Å². The quantitative estimate of drug-likeness (QED) is 0.634. The molecule has 1 heterocycles. The zero-order valence-corrected chi connectivity index (χ0v) is 10.8. The van der Waals surface area contributed by atoms with Gasteiger partial charge in [-0.1, -0.05) is 12.5 Å². The van der Waals surface area contributed by atoms with E-state index in [1.54, 1.807) is 6.20 Å². The number of nitrogens with two attached hydrogens (primary N) is 1. The van der Waals surface area contributed by atoms with Crippen LogP contribution >= 0.6 is 11.8 Å². The number of guanidine groups is 1. The first-order valence-electron chi connectivity index (χ1n) is 5.77. The number of thioether (sulfide) groups is 1. The Hall–Kier alpha value is -1.23. The minimum absolute atomic E-state index is 0.330. The van der Waals surface area contributed by atoms with Gasteiger partial charge in [-0.25, -0.2) is 4.98 Å². The van der Waals surface area contributed by atoms with E-state index in [4.69, 9.17) is 5.73 Å². The molecule has 0 aliphatic heterocycles. The van der Waals surface area contributed by atoms with Gasteiger partial charge in [0.25, 0.3) is 0 Å². The third-order valence-corrected chi connectivity index (χ3v) is 4.56. The number of rotatable bonds is 4. The zero-order chi connectivity index (χ0) is 12.1. The second kappa shape index (κ2) is 5.40. The number of aliphatic imine (C=N–C) groups is 1. The van der Waals surface area contributed by atoms with Gasteiger partial charge >= 0.3 is 0 Å². The van der Waals surface area contributed by atoms with Crippen LogP contribution in [0.5, 0.6) is 0 Å². The lowest BCUT2D eigenvalue weighted by atomic mass is 9.84. The van der Waals surface area contributed by atoms with Crippen LogP contribution < -0.4 is 11.1 Å². The van der Waals surface area contributed by atoms with Gasteiger partial charge in [0.1, 0.15) is 5.82 Å². The summed E-state index contributed by atoms with van der Waals surface area (Å²) in [5.41, 5.74) is 5.84. The van der Waals surface area contributed by atoms with E-state index in [2.05, 4.69) is 21.5 Å². The summed E-state index contributed by atoms with van der Waals surface area (Å²) < 4.78 is 0.330. The summed E-state index contributed by atoms with van der Waals surface area (Å²) in [5, 5.41) is 2.99. The van der Waals surface area contributed by atoms with Gasteiger partial charge in [-0.2, -0.15) is 11.8 Å². The lowest BCUT2D eigenvalue weighted by Crippen LogP contribution is -2.37. The molecule has 92 valence electrons. The average molecular weight is 250 g/mol. The Balaban J connectivity index is 1.89. The fraction of sp³-hybridized carbons (Fsp3) is 0.500. The van der Waals surface area contributed by atoms with E-state index in [1.165, 1.54) is 19.3 Å². The maximum Gasteiger partial charge on any atom is 0.194 e. The first-order valence-corrected chi connectivity index (χ1v) is 7.00. The molecule has 0 unspecified atom stereocenters. The van der Waals surface area contributed by atoms with Gasteiger partial charge in [0.15, 0.2) is 5.96 Å². The highest BCUT2D eigenvalue weighted by Crippen LogP contribution is 2.42. The van der Waals surface area contributed by atoms with Crippen LogP contribution in [0.15, 0.2) is 29.4 Å². The van der Waals surface area contributed by atoms with Crippen molar-refractivity contribution < 1.29 is 0 Å². The smallest absolute Gasteiger partial charge is 0.194 e. The van der Waals surface area contributed by atoms with Crippen LogP contribution in [-0.4, -0.2) is 28.5 Å². The average Bonchev–Trinajstić information content (AvgIpc) is 2.29. The highest BCUT2D eigenvalue weighted by Gasteiger charge is 2.35. The Morgan fingerprint density at radius 1 is 1.59 bits per heavy atom. The predicted molar refractivity (Wildman–Crippen MR) is 74.4 cm³/mol. The van der Waals surface area contributed by atoms with Crippen molar-refractivity contribution in [3.63, 3.8) is 0 Å². The van der Waals surface area contributed by atoms with Crippen molar-refractivity contribution in [1.82, 2.24) is 4.98 Å². The molecule has 0 saturated heterocycles. The van der Waals surface area contributed by atoms with Gasteiger partial charge in [0, 0.05) is 10.9 Å². The molecule has 1 aliphatic rings. The molecule has 1 aliphatic carbocycles. The second-order valence-corrected chi connectivity index (χ2v) is 5.56. The summed E-state index contributed by atoms with van der Waals surface area (Å²) in [7, 11) is 0. The predicted octanol–water partition coefficient (Wildman–Crippen LogP) is 2.09. The monoisotopic (exact) mass is 250 g/mol. The van der Waals surface area contributed by atoms with Crippen molar-refractivity contribution in [3.05, 3.63) is 24.4 Å². The molecule has 1 aromatic rings. The molecule has 5 heteroatoms. The minimum Gasteiger partial charge on any atom is -0.370 e. The Kier molecular flexibility index (Phi) is 3.89. The molecule has 0 aromatic carbocycles. The normalized spacial score (nSPS) is 18.5. The molecule has 1 fully saturated rings. The fourth-order valence-corrected chi connectivity index (χ4v) is 2.73. The maximum atomic E-state index is 5.84. The van der Waals surface area contributed by atoms with Gasteiger partial charge in [0.2, 0.25) is 0 Å². The summed E-state index contributed by atoms with van der Waals surface area (Å²) in [5.74, 6) is 1.18. The van der Waals surface area contributed by atoms with Crippen LogP contribution in [0.3, 0.4) is 0 Å². The number of nitrogens with one attached hydrogen (secondary N) is 1. The van der Waals surface area contributed by atoms with Gasteiger partial charge in [-0.3, -0.25) is 4.99 Å². The van der Waals surface area contributed by atoms with Crippen molar-refractivity contribution in [3.8, 4) is 0 Å². The number of anilines is 1.